The maximum Gasteiger partial charge on any atom is 0.216 e. The maximum absolute atomic E-state index is 10.9. The van der Waals surface area contributed by atoms with E-state index in [9.17, 15) is 4.79 Å². The molecule has 0 saturated carbocycles. The quantitative estimate of drug-likeness (QED) is 0.386. The minimum absolute atomic E-state index is 0.0335. The second-order valence-electron chi connectivity index (χ2n) is 5.88. The van der Waals surface area contributed by atoms with Crippen LogP contribution in [0.1, 0.15) is 38.8 Å². The molecule has 134 valence electrons. The Morgan fingerprint density at radius 1 is 1.21 bits per heavy atom. The standard InChI is InChI=1S/C18H30N4O2/c1-6-19-18(21-10-9-20-15(5)23)22-12-16-8-7-14(4)11-17(16)24-13(2)3/h7-8,11,13H,6,9-10,12H2,1-5H3,(H,20,23)(H2,19,21,22). The van der Waals surface area contributed by atoms with Crippen molar-refractivity contribution >= 4 is 11.9 Å². The van der Waals surface area contributed by atoms with E-state index in [0.717, 1.165) is 23.8 Å². The van der Waals surface area contributed by atoms with Crippen molar-refractivity contribution in [3.8, 4) is 5.75 Å². The molecular weight excluding hydrogens is 304 g/mol. The third-order valence-corrected chi connectivity index (χ3v) is 3.13. The van der Waals surface area contributed by atoms with E-state index in [0.29, 0.717) is 19.6 Å². The van der Waals surface area contributed by atoms with Crippen molar-refractivity contribution in [2.24, 2.45) is 4.99 Å². The predicted molar refractivity (Wildman–Crippen MR) is 98.4 cm³/mol. The Bertz CT molecular complexity index is 556. The molecular formula is C18H30N4O2. The summed E-state index contributed by atoms with van der Waals surface area (Å²) >= 11 is 0. The van der Waals surface area contributed by atoms with E-state index < -0.39 is 0 Å². The van der Waals surface area contributed by atoms with E-state index in [2.05, 4.69) is 33.1 Å². The number of aliphatic imine (C=N–C) groups is 1. The van der Waals surface area contributed by atoms with Crippen LogP contribution < -0.4 is 20.7 Å². The smallest absolute Gasteiger partial charge is 0.216 e. The lowest BCUT2D eigenvalue weighted by molar-refractivity contribution is -0.118. The van der Waals surface area contributed by atoms with Gasteiger partial charge in [0, 0.05) is 32.1 Å². The van der Waals surface area contributed by atoms with Crippen molar-refractivity contribution in [2.45, 2.75) is 47.3 Å². The summed E-state index contributed by atoms with van der Waals surface area (Å²) in [4.78, 5) is 15.5. The van der Waals surface area contributed by atoms with Crippen molar-refractivity contribution in [1.82, 2.24) is 16.0 Å². The summed E-state index contributed by atoms with van der Waals surface area (Å²) < 4.78 is 5.89. The molecule has 6 nitrogen and oxygen atoms in total. The van der Waals surface area contributed by atoms with Crippen molar-refractivity contribution in [2.75, 3.05) is 19.6 Å². The first-order valence-electron chi connectivity index (χ1n) is 8.45. The lowest BCUT2D eigenvalue weighted by Gasteiger charge is -2.15. The van der Waals surface area contributed by atoms with Crippen LogP contribution in [0.4, 0.5) is 0 Å². The fourth-order valence-electron chi connectivity index (χ4n) is 2.08. The second kappa shape index (κ2) is 10.5. The van der Waals surface area contributed by atoms with Crippen LogP contribution in [0.25, 0.3) is 0 Å². The Labute approximate surface area is 145 Å². The van der Waals surface area contributed by atoms with Gasteiger partial charge in [0.15, 0.2) is 5.96 Å². The Balaban J connectivity index is 2.72. The molecule has 0 aliphatic heterocycles. The van der Waals surface area contributed by atoms with Gasteiger partial charge in [-0.3, -0.25) is 4.79 Å². The van der Waals surface area contributed by atoms with Gasteiger partial charge in [0.1, 0.15) is 5.75 Å². The largest absolute Gasteiger partial charge is 0.491 e. The number of aryl methyl sites for hydroxylation is 1. The number of rotatable bonds is 8. The molecule has 1 amide bonds. The molecule has 0 atom stereocenters. The number of carbonyl (C=O) groups is 1. The van der Waals surface area contributed by atoms with E-state index in [1.54, 1.807) is 0 Å². The number of nitrogens with one attached hydrogen (secondary N) is 3. The average Bonchev–Trinajstić information content (AvgIpc) is 2.49. The predicted octanol–water partition coefficient (Wildman–Crippen LogP) is 1.97. The van der Waals surface area contributed by atoms with Crippen molar-refractivity contribution in [3.05, 3.63) is 29.3 Å². The summed E-state index contributed by atoms with van der Waals surface area (Å²) in [6, 6.07) is 6.16. The first-order chi connectivity index (χ1) is 11.4. The van der Waals surface area contributed by atoms with Crippen molar-refractivity contribution in [1.29, 1.82) is 0 Å². The van der Waals surface area contributed by atoms with Crippen LogP contribution in [0.2, 0.25) is 0 Å². The van der Waals surface area contributed by atoms with Gasteiger partial charge in [-0.05, 0) is 39.3 Å². The van der Waals surface area contributed by atoms with Gasteiger partial charge in [0.2, 0.25) is 5.91 Å². The van der Waals surface area contributed by atoms with Gasteiger partial charge >= 0.3 is 0 Å². The van der Waals surface area contributed by atoms with E-state index >= 15 is 0 Å². The Morgan fingerprint density at radius 3 is 2.54 bits per heavy atom. The SMILES string of the molecule is CCNC(=NCc1ccc(C)cc1OC(C)C)NCCNC(C)=O. The van der Waals surface area contributed by atoms with E-state index in [4.69, 9.17) is 4.74 Å². The lowest BCUT2D eigenvalue weighted by Crippen LogP contribution is -2.41. The van der Waals surface area contributed by atoms with Gasteiger partial charge in [-0.2, -0.15) is 0 Å². The molecule has 24 heavy (non-hydrogen) atoms. The number of guanidine groups is 1. The number of benzene rings is 1. The first kappa shape index (κ1) is 19.8. The molecule has 0 unspecified atom stereocenters. The zero-order valence-corrected chi connectivity index (χ0v) is 15.4. The summed E-state index contributed by atoms with van der Waals surface area (Å²) in [5.41, 5.74) is 2.21. The van der Waals surface area contributed by atoms with Gasteiger partial charge in [-0.15, -0.1) is 0 Å². The van der Waals surface area contributed by atoms with Crippen LogP contribution in [-0.2, 0) is 11.3 Å². The summed E-state index contributed by atoms with van der Waals surface area (Å²) in [6.07, 6.45) is 0.124. The number of carbonyl (C=O) groups excluding carboxylic acids is 1. The molecule has 1 aromatic rings. The molecule has 0 saturated heterocycles. The first-order valence-corrected chi connectivity index (χ1v) is 8.45. The Morgan fingerprint density at radius 2 is 1.92 bits per heavy atom. The third-order valence-electron chi connectivity index (χ3n) is 3.13. The van der Waals surface area contributed by atoms with Crippen LogP contribution in [0.5, 0.6) is 5.75 Å². The topological polar surface area (TPSA) is 74.8 Å². The number of hydrogen-bond acceptors (Lipinski definition) is 3. The van der Waals surface area contributed by atoms with E-state index in [-0.39, 0.29) is 12.0 Å². The van der Waals surface area contributed by atoms with Crippen LogP contribution in [0.15, 0.2) is 23.2 Å². The number of amides is 1. The minimum atomic E-state index is -0.0335. The summed E-state index contributed by atoms with van der Waals surface area (Å²) in [6.45, 7) is 12.1. The van der Waals surface area contributed by atoms with Gasteiger partial charge in [0.25, 0.3) is 0 Å². The van der Waals surface area contributed by atoms with Crippen LogP contribution in [-0.4, -0.2) is 37.6 Å². The number of ether oxygens (including phenoxy) is 1. The molecule has 0 radical (unpaired) electrons. The van der Waals surface area contributed by atoms with Gasteiger partial charge in [-0.25, -0.2) is 4.99 Å². The van der Waals surface area contributed by atoms with Gasteiger partial charge in [-0.1, -0.05) is 12.1 Å². The molecule has 0 aliphatic rings. The highest BCUT2D eigenvalue weighted by molar-refractivity contribution is 5.80. The molecule has 0 aliphatic carbocycles. The molecule has 0 fully saturated rings. The molecule has 0 spiro atoms. The normalized spacial score (nSPS) is 11.3. The molecule has 1 aromatic carbocycles. The number of nitrogens with zero attached hydrogens (tertiary/aromatic N) is 1. The molecule has 6 heteroatoms. The maximum atomic E-state index is 10.9. The summed E-state index contributed by atoms with van der Waals surface area (Å²) in [5, 5.41) is 9.15. The van der Waals surface area contributed by atoms with Crippen LogP contribution >= 0.6 is 0 Å². The molecule has 0 heterocycles. The highest BCUT2D eigenvalue weighted by atomic mass is 16.5. The minimum Gasteiger partial charge on any atom is -0.491 e. The zero-order chi connectivity index (χ0) is 17.9. The van der Waals surface area contributed by atoms with Crippen molar-refractivity contribution in [3.63, 3.8) is 0 Å². The van der Waals surface area contributed by atoms with E-state index in [1.807, 2.05) is 33.8 Å². The molecule has 0 bridgehead atoms. The zero-order valence-electron chi connectivity index (χ0n) is 15.4. The second-order valence-corrected chi connectivity index (χ2v) is 5.88. The van der Waals surface area contributed by atoms with Crippen molar-refractivity contribution < 1.29 is 9.53 Å². The lowest BCUT2D eigenvalue weighted by atomic mass is 10.1. The third kappa shape index (κ3) is 7.85. The Hall–Kier alpha value is -2.24. The monoisotopic (exact) mass is 334 g/mol. The molecule has 0 aromatic heterocycles. The summed E-state index contributed by atoms with van der Waals surface area (Å²) in [5.74, 6) is 1.57. The van der Waals surface area contributed by atoms with Crippen LogP contribution in [0, 0.1) is 6.92 Å². The fraction of sp³-hybridized carbons (Fsp3) is 0.556. The van der Waals surface area contributed by atoms with Gasteiger partial charge in [0.05, 0.1) is 12.6 Å². The molecule has 3 N–H and O–H groups in total. The fourth-order valence-corrected chi connectivity index (χ4v) is 2.08. The highest BCUT2D eigenvalue weighted by Crippen LogP contribution is 2.22. The Kier molecular flexibility index (Phi) is 8.68. The van der Waals surface area contributed by atoms with E-state index in [1.165, 1.54) is 12.5 Å². The van der Waals surface area contributed by atoms with Crippen LogP contribution in [0.3, 0.4) is 0 Å². The number of hydrogen-bond donors (Lipinski definition) is 3. The molecule has 1 rings (SSSR count). The summed E-state index contributed by atoms with van der Waals surface area (Å²) in [7, 11) is 0. The van der Waals surface area contributed by atoms with Gasteiger partial charge < -0.3 is 20.7 Å². The average molecular weight is 334 g/mol. The highest BCUT2D eigenvalue weighted by Gasteiger charge is 2.06.